The predicted octanol–water partition coefficient (Wildman–Crippen LogP) is -1.53. The summed E-state index contributed by atoms with van der Waals surface area (Å²) >= 11 is 0. The first kappa shape index (κ1) is 8.95. The number of nitrogens with two attached hydrogens (primary N) is 1. The van der Waals surface area contributed by atoms with Crippen LogP contribution in [0.25, 0.3) is 0 Å². The summed E-state index contributed by atoms with van der Waals surface area (Å²) in [5.74, 6) is -3.67. The first-order valence-electron chi connectivity index (χ1n) is 3.42. The zero-order chi connectivity index (χ0) is 9.19. The van der Waals surface area contributed by atoms with Crippen molar-refractivity contribution in [2.75, 3.05) is 6.54 Å². The van der Waals surface area contributed by atoms with Crippen molar-refractivity contribution in [1.29, 1.82) is 0 Å². The monoisotopic (exact) mass is 175 g/mol. The molecular formula is C6H9NO5. The molecule has 68 valence electrons. The molecule has 12 heavy (non-hydrogen) atoms. The van der Waals surface area contributed by atoms with Crippen molar-refractivity contribution in [3.8, 4) is 0 Å². The summed E-state index contributed by atoms with van der Waals surface area (Å²) in [5, 5.41) is 9.19. The van der Waals surface area contributed by atoms with Crippen molar-refractivity contribution in [2.45, 2.75) is 18.8 Å². The molecule has 0 bridgehead atoms. The lowest BCUT2D eigenvalue weighted by Gasteiger charge is -2.22. The molecule has 1 saturated heterocycles. The zero-order valence-corrected chi connectivity index (χ0v) is 6.28. The molecule has 1 heterocycles. The Morgan fingerprint density at radius 2 is 1.75 bits per heavy atom. The third-order valence-corrected chi connectivity index (χ3v) is 1.34. The van der Waals surface area contributed by atoms with Gasteiger partial charge in [-0.2, -0.15) is 0 Å². The van der Waals surface area contributed by atoms with E-state index in [9.17, 15) is 14.7 Å². The van der Waals surface area contributed by atoms with Crippen LogP contribution in [0.2, 0.25) is 0 Å². The molecule has 0 atom stereocenters. The largest absolute Gasteiger partial charge is 0.397 e. The molecule has 0 unspecified atom stereocenters. The van der Waals surface area contributed by atoms with Crippen molar-refractivity contribution in [3.63, 3.8) is 0 Å². The van der Waals surface area contributed by atoms with Crippen LogP contribution in [0.5, 0.6) is 0 Å². The Balaban J connectivity index is 2.74. The maximum Gasteiger partial charge on any atom is 0.386 e. The van der Waals surface area contributed by atoms with Crippen LogP contribution in [-0.4, -0.2) is 29.6 Å². The number of carbonyl (C=O) groups is 2. The van der Waals surface area contributed by atoms with Crippen molar-refractivity contribution >= 4 is 11.9 Å². The summed E-state index contributed by atoms with van der Waals surface area (Å²) in [6.45, 7) is -0.468. The number of aliphatic hydroxyl groups is 1. The number of rotatable bonds is 1. The number of hydrogen-bond donors (Lipinski definition) is 2. The van der Waals surface area contributed by atoms with Crippen molar-refractivity contribution in [2.24, 2.45) is 5.73 Å². The summed E-state index contributed by atoms with van der Waals surface area (Å²) in [7, 11) is 0. The SMILES string of the molecule is NCC1(O)OC(=O)CCC(=O)O1. The summed E-state index contributed by atoms with van der Waals surface area (Å²) in [6.07, 6.45) is -0.192. The van der Waals surface area contributed by atoms with Crippen LogP contribution in [0.4, 0.5) is 0 Å². The molecule has 0 aliphatic carbocycles. The van der Waals surface area contributed by atoms with E-state index in [4.69, 9.17) is 5.73 Å². The number of cyclic esters (lactones) is 2. The molecule has 1 fully saturated rings. The molecule has 0 aromatic rings. The van der Waals surface area contributed by atoms with E-state index in [1.165, 1.54) is 0 Å². The second kappa shape index (κ2) is 3.08. The average molecular weight is 175 g/mol. The highest BCUT2D eigenvalue weighted by atomic mass is 16.8. The molecule has 0 aromatic carbocycles. The molecule has 0 radical (unpaired) electrons. The van der Waals surface area contributed by atoms with Crippen LogP contribution in [0.1, 0.15) is 12.8 Å². The molecule has 6 heteroatoms. The van der Waals surface area contributed by atoms with Gasteiger partial charge in [-0.1, -0.05) is 0 Å². The number of carbonyl (C=O) groups excluding carboxylic acids is 2. The fourth-order valence-corrected chi connectivity index (χ4v) is 0.766. The Kier molecular flexibility index (Phi) is 2.30. The third kappa shape index (κ3) is 1.93. The third-order valence-electron chi connectivity index (χ3n) is 1.34. The summed E-state index contributed by atoms with van der Waals surface area (Å²) in [4.78, 5) is 21.5. The van der Waals surface area contributed by atoms with Gasteiger partial charge in [0.25, 0.3) is 0 Å². The molecule has 0 amide bonds. The Hall–Kier alpha value is -1.14. The van der Waals surface area contributed by atoms with Gasteiger partial charge in [-0.3, -0.25) is 9.59 Å². The molecular weight excluding hydrogens is 166 g/mol. The highest BCUT2D eigenvalue weighted by Crippen LogP contribution is 2.15. The van der Waals surface area contributed by atoms with Gasteiger partial charge in [-0.05, 0) is 0 Å². The van der Waals surface area contributed by atoms with E-state index in [0.717, 1.165) is 0 Å². The van der Waals surface area contributed by atoms with Gasteiger partial charge in [-0.15, -0.1) is 0 Å². The highest BCUT2D eigenvalue weighted by Gasteiger charge is 2.37. The number of ether oxygens (including phenoxy) is 2. The zero-order valence-electron chi connectivity index (χ0n) is 6.28. The lowest BCUT2D eigenvalue weighted by Crippen LogP contribution is -2.44. The maximum atomic E-state index is 10.7. The smallest absolute Gasteiger partial charge is 0.386 e. The van der Waals surface area contributed by atoms with Gasteiger partial charge in [-0.25, -0.2) is 0 Å². The van der Waals surface area contributed by atoms with E-state index >= 15 is 0 Å². The van der Waals surface area contributed by atoms with E-state index in [0.29, 0.717) is 0 Å². The van der Waals surface area contributed by atoms with Crippen molar-refractivity contribution in [3.05, 3.63) is 0 Å². The Bertz CT molecular complexity index is 196. The molecule has 1 aliphatic heterocycles. The standard InChI is InChI=1S/C6H9NO5/c7-3-6(10)11-4(8)1-2-5(9)12-6/h10H,1-3,7H2. The van der Waals surface area contributed by atoms with Gasteiger partial charge in [0, 0.05) is 0 Å². The van der Waals surface area contributed by atoms with Gasteiger partial charge in [0.1, 0.15) is 6.54 Å². The predicted molar refractivity (Wildman–Crippen MR) is 35.4 cm³/mol. The first-order chi connectivity index (χ1) is 5.56. The van der Waals surface area contributed by atoms with Crippen LogP contribution >= 0.6 is 0 Å². The van der Waals surface area contributed by atoms with Gasteiger partial charge in [0.2, 0.25) is 0 Å². The molecule has 0 spiro atoms. The van der Waals surface area contributed by atoms with Crippen molar-refractivity contribution in [1.82, 2.24) is 0 Å². The highest BCUT2D eigenvalue weighted by molar-refractivity contribution is 5.79. The lowest BCUT2D eigenvalue weighted by atomic mass is 10.3. The molecule has 1 rings (SSSR count). The second-order valence-corrected chi connectivity index (χ2v) is 2.36. The summed E-state index contributed by atoms with van der Waals surface area (Å²) in [5.41, 5.74) is 5.03. The molecule has 0 saturated carbocycles. The van der Waals surface area contributed by atoms with E-state index in [1.54, 1.807) is 0 Å². The van der Waals surface area contributed by atoms with E-state index in [1.807, 2.05) is 0 Å². The van der Waals surface area contributed by atoms with Crippen LogP contribution < -0.4 is 5.73 Å². The Labute approximate surface area is 68.2 Å². The van der Waals surface area contributed by atoms with Gasteiger partial charge < -0.3 is 20.3 Å². The number of esters is 2. The molecule has 0 aromatic heterocycles. The quantitative estimate of drug-likeness (QED) is 0.469. The van der Waals surface area contributed by atoms with Crippen molar-refractivity contribution < 1.29 is 24.2 Å². The fourth-order valence-electron chi connectivity index (χ4n) is 0.766. The van der Waals surface area contributed by atoms with E-state index < -0.39 is 24.5 Å². The number of hydrogen-bond acceptors (Lipinski definition) is 6. The van der Waals surface area contributed by atoms with Gasteiger partial charge >= 0.3 is 17.9 Å². The maximum absolute atomic E-state index is 10.7. The van der Waals surface area contributed by atoms with E-state index in [-0.39, 0.29) is 12.8 Å². The van der Waals surface area contributed by atoms with Gasteiger partial charge in [0.05, 0.1) is 12.8 Å². The minimum Gasteiger partial charge on any atom is -0.397 e. The fraction of sp³-hybridized carbons (Fsp3) is 0.667. The summed E-state index contributed by atoms with van der Waals surface area (Å²) < 4.78 is 8.73. The lowest BCUT2D eigenvalue weighted by molar-refractivity contribution is -0.313. The molecule has 6 nitrogen and oxygen atoms in total. The first-order valence-corrected chi connectivity index (χ1v) is 3.42. The molecule has 1 aliphatic rings. The Morgan fingerprint density at radius 3 is 2.08 bits per heavy atom. The van der Waals surface area contributed by atoms with Gasteiger partial charge in [0.15, 0.2) is 0 Å². The average Bonchev–Trinajstić information content (AvgIpc) is 2.11. The molecule has 3 N–H and O–H groups in total. The minimum absolute atomic E-state index is 0.0961. The Morgan fingerprint density at radius 1 is 1.33 bits per heavy atom. The summed E-state index contributed by atoms with van der Waals surface area (Å²) in [6, 6.07) is 0. The topological polar surface area (TPSA) is 98.9 Å². The van der Waals surface area contributed by atoms with Crippen LogP contribution in [0.3, 0.4) is 0 Å². The van der Waals surface area contributed by atoms with E-state index in [2.05, 4.69) is 9.47 Å². The second-order valence-electron chi connectivity index (χ2n) is 2.36. The minimum atomic E-state index is -2.27. The van der Waals surface area contributed by atoms with Crippen LogP contribution in [0, 0.1) is 0 Å². The normalized spacial score (nSPS) is 22.5. The van der Waals surface area contributed by atoms with Crippen LogP contribution in [-0.2, 0) is 19.1 Å². The van der Waals surface area contributed by atoms with Crippen LogP contribution in [0.15, 0.2) is 0 Å².